The lowest BCUT2D eigenvalue weighted by Gasteiger charge is -2.10. The van der Waals surface area contributed by atoms with Crippen molar-refractivity contribution in [3.8, 4) is 0 Å². The number of nitrogens with one attached hydrogen (secondary N) is 6. The van der Waals surface area contributed by atoms with Crippen molar-refractivity contribution >= 4 is 41.1 Å². The molecule has 0 radical (unpaired) electrons. The smallest absolute Gasteiger partial charge is 0.314 e. The van der Waals surface area contributed by atoms with Crippen LogP contribution in [0.4, 0.5) is 10.5 Å². The van der Waals surface area contributed by atoms with Gasteiger partial charge in [-0.1, -0.05) is 25.5 Å². The molecular weight excluding hydrogens is 544 g/mol. The summed E-state index contributed by atoms with van der Waals surface area (Å²) < 4.78 is 5.44. The van der Waals surface area contributed by atoms with Crippen LogP contribution in [0.3, 0.4) is 0 Å². The lowest BCUT2D eigenvalue weighted by molar-refractivity contribution is -0.127. The number of ether oxygens (including phenoxy) is 1. The Bertz CT molecular complexity index is 1020. The van der Waals surface area contributed by atoms with Gasteiger partial charge >= 0.3 is 6.03 Å². The predicted molar refractivity (Wildman–Crippen MR) is 159 cm³/mol. The maximum Gasteiger partial charge on any atom is 0.314 e. The highest BCUT2D eigenvalue weighted by Crippen LogP contribution is 2.11. The van der Waals surface area contributed by atoms with E-state index in [9.17, 15) is 28.8 Å². The minimum Gasteiger partial charge on any atom is -0.380 e. The quantitative estimate of drug-likeness (QED) is 0.0912. The third kappa shape index (κ3) is 18.4. The summed E-state index contributed by atoms with van der Waals surface area (Å²) in [5.41, 5.74) is 1.24. The molecule has 6 amide bonds. The van der Waals surface area contributed by atoms with Gasteiger partial charge in [-0.05, 0) is 43.9 Å². The molecule has 0 aliphatic heterocycles. The van der Waals surface area contributed by atoms with Crippen LogP contribution in [0, 0.1) is 5.92 Å². The van der Waals surface area contributed by atoms with E-state index in [1.807, 2.05) is 6.92 Å². The molecular formula is C29H46N6O7. The number of benzene rings is 1. The number of carbonyl (C=O) groups is 6. The summed E-state index contributed by atoms with van der Waals surface area (Å²) in [6, 6.07) is 6.46. The molecule has 0 saturated carbocycles. The van der Waals surface area contributed by atoms with Crippen molar-refractivity contribution in [1.29, 1.82) is 0 Å². The second kappa shape index (κ2) is 21.7. The highest BCUT2D eigenvalue weighted by Gasteiger charge is 2.10. The lowest BCUT2D eigenvalue weighted by Crippen LogP contribution is -2.37. The van der Waals surface area contributed by atoms with Gasteiger partial charge in [-0.25, -0.2) is 4.79 Å². The molecule has 13 heteroatoms. The van der Waals surface area contributed by atoms with Gasteiger partial charge < -0.3 is 36.6 Å². The first-order valence-corrected chi connectivity index (χ1v) is 14.3. The fourth-order valence-electron chi connectivity index (χ4n) is 3.59. The molecule has 0 heterocycles. The van der Waals surface area contributed by atoms with E-state index in [1.54, 1.807) is 31.2 Å². The van der Waals surface area contributed by atoms with Crippen LogP contribution >= 0.6 is 0 Å². The number of urea groups is 1. The molecule has 13 nitrogen and oxygen atoms in total. The maximum absolute atomic E-state index is 12.1. The molecule has 1 aromatic carbocycles. The van der Waals surface area contributed by atoms with Gasteiger partial charge in [-0.2, -0.15) is 0 Å². The number of amides is 6. The molecule has 0 aliphatic carbocycles. The second-order valence-corrected chi connectivity index (χ2v) is 9.88. The number of unbranched alkanes of at least 4 members (excludes halogenated alkanes) is 1. The zero-order valence-corrected chi connectivity index (χ0v) is 24.9. The Hall–Kier alpha value is -4.00. The van der Waals surface area contributed by atoms with Crippen LogP contribution < -0.4 is 31.9 Å². The second-order valence-electron chi connectivity index (χ2n) is 9.88. The van der Waals surface area contributed by atoms with Crippen molar-refractivity contribution in [1.82, 2.24) is 26.6 Å². The molecule has 0 bridgehead atoms. The first-order chi connectivity index (χ1) is 20.1. The van der Waals surface area contributed by atoms with Crippen LogP contribution in [0.25, 0.3) is 0 Å². The molecule has 0 spiro atoms. The van der Waals surface area contributed by atoms with Crippen molar-refractivity contribution in [3.63, 3.8) is 0 Å². The molecule has 1 aromatic rings. The molecule has 1 rings (SSSR count). The first-order valence-electron chi connectivity index (χ1n) is 14.3. The molecule has 0 saturated heterocycles. The van der Waals surface area contributed by atoms with E-state index in [0.717, 1.165) is 24.8 Å². The van der Waals surface area contributed by atoms with Crippen LogP contribution in [-0.4, -0.2) is 81.9 Å². The number of anilines is 1. The topological polar surface area (TPSA) is 184 Å². The predicted octanol–water partition coefficient (Wildman–Crippen LogP) is 1.03. The highest BCUT2D eigenvalue weighted by molar-refractivity contribution is 6.03. The lowest BCUT2D eigenvalue weighted by atomic mass is 10.0. The molecule has 6 N–H and O–H groups in total. The van der Waals surface area contributed by atoms with Crippen molar-refractivity contribution in [3.05, 3.63) is 29.8 Å². The fourth-order valence-corrected chi connectivity index (χ4v) is 3.59. The van der Waals surface area contributed by atoms with Crippen LogP contribution in [0.1, 0.15) is 57.9 Å². The third-order valence-corrected chi connectivity index (χ3v) is 6.24. The Balaban J connectivity index is 2.06. The first kappa shape index (κ1) is 36.0. The molecule has 0 aliphatic rings. The molecule has 0 aromatic heterocycles. The van der Waals surface area contributed by atoms with Gasteiger partial charge in [0.25, 0.3) is 0 Å². The van der Waals surface area contributed by atoms with E-state index in [4.69, 9.17) is 4.74 Å². The summed E-state index contributed by atoms with van der Waals surface area (Å²) in [5.74, 6) is -1.02. The molecule has 1 atom stereocenters. The standard InChI is InChI=1S/C29H46N6O7/c1-21(22(2)36)7-4-5-13-33-29(41)34-14-6-17-42-18-16-32-27(39)20-28(40)35-24-10-8-23(9-11-24)19-26(38)31-15-12-25(37)30-3/h8-11,21H,4-7,12-20H2,1-3H3,(H,30,37)(H,31,38)(H,32,39)(H,35,40)(H2,33,34,41). The average molecular weight is 591 g/mol. The SMILES string of the molecule is CNC(=O)CCNC(=O)Cc1ccc(NC(=O)CC(=O)NCCOCCCNC(=O)NCCCCC(C)C(C)=O)cc1. The zero-order valence-electron chi connectivity index (χ0n) is 24.9. The van der Waals surface area contributed by atoms with Crippen LogP contribution in [0.15, 0.2) is 24.3 Å². The van der Waals surface area contributed by atoms with E-state index in [2.05, 4.69) is 31.9 Å². The monoisotopic (exact) mass is 590 g/mol. The Labute approximate surface area is 247 Å². The molecule has 42 heavy (non-hydrogen) atoms. The highest BCUT2D eigenvalue weighted by atomic mass is 16.5. The van der Waals surface area contributed by atoms with Gasteiger partial charge in [-0.15, -0.1) is 0 Å². The number of ketones is 1. The minimum absolute atomic E-state index is 0.0605. The van der Waals surface area contributed by atoms with E-state index in [1.165, 1.54) is 7.05 Å². The number of Topliss-reactive ketones (excluding diaryl/α,β-unsaturated/α-hetero) is 1. The molecule has 0 fully saturated rings. The summed E-state index contributed by atoms with van der Waals surface area (Å²) in [5, 5.41) is 15.9. The van der Waals surface area contributed by atoms with Gasteiger partial charge in [0, 0.05) is 57.9 Å². The summed E-state index contributed by atoms with van der Waals surface area (Å²) in [4.78, 5) is 70.2. The number of hydrogen-bond donors (Lipinski definition) is 6. The average Bonchev–Trinajstić information content (AvgIpc) is 2.94. The van der Waals surface area contributed by atoms with Crippen LogP contribution in [0.5, 0.6) is 0 Å². The Morgan fingerprint density at radius 1 is 0.738 bits per heavy atom. The van der Waals surface area contributed by atoms with Gasteiger partial charge in [0.2, 0.25) is 23.6 Å². The molecule has 1 unspecified atom stereocenters. The summed E-state index contributed by atoms with van der Waals surface area (Å²) in [6.07, 6.45) is 3.15. The maximum atomic E-state index is 12.1. The van der Waals surface area contributed by atoms with E-state index in [0.29, 0.717) is 31.8 Å². The summed E-state index contributed by atoms with van der Waals surface area (Å²) in [6.45, 7) is 5.70. The van der Waals surface area contributed by atoms with Crippen LogP contribution in [-0.2, 0) is 35.1 Å². The summed E-state index contributed by atoms with van der Waals surface area (Å²) in [7, 11) is 1.53. The largest absolute Gasteiger partial charge is 0.380 e. The Kier molecular flexibility index (Phi) is 18.6. The number of carbonyl (C=O) groups excluding carboxylic acids is 6. The summed E-state index contributed by atoms with van der Waals surface area (Å²) >= 11 is 0. The number of rotatable bonds is 21. The fraction of sp³-hybridized carbons (Fsp3) is 0.586. The van der Waals surface area contributed by atoms with Gasteiger partial charge in [-0.3, -0.25) is 24.0 Å². The molecule has 234 valence electrons. The minimum atomic E-state index is -0.469. The third-order valence-electron chi connectivity index (χ3n) is 6.24. The number of hydrogen-bond acceptors (Lipinski definition) is 7. The van der Waals surface area contributed by atoms with E-state index < -0.39 is 11.8 Å². The van der Waals surface area contributed by atoms with Crippen molar-refractivity contribution < 1.29 is 33.5 Å². The van der Waals surface area contributed by atoms with Crippen LogP contribution in [0.2, 0.25) is 0 Å². The normalized spacial score (nSPS) is 11.1. The van der Waals surface area contributed by atoms with E-state index in [-0.39, 0.29) is 68.5 Å². The van der Waals surface area contributed by atoms with Crippen molar-refractivity contribution in [2.24, 2.45) is 5.92 Å². The van der Waals surface area contributed by atoms with Gasteiger partial charge in [0.1, 0.15) is 12.2 Å². The van der Waals surface area contributed by atoms with E-state index >= 15 is 0 Å². The van der Waals surface area contributed by atoms with Gasteiger partial charge in [0.15, 0.2) is 0 Å². The van der Waals surface area contributed by atoms with Crippen molar-refractivity contribution in [2.75, 3.05) is 51.8 Å². The Morgan fingerprint density at radius 2 is 1.40 bits per heavy atom. The van der Waals surface area contributed by atoms with Crippen molar-refractivity contribution in [2.45, 2.75) is 58.8 Å². The zero-order chi connectivity index (χ0) is 31.2. The Morgan fingerprint density at radius 3 is 2.07 bits per heavy atom. The van der Waals surface area contributed by atoms with Gasteiger partial charge in [0.05, 0.1) is 13.0 Å².